The fourth-order valence-corrected chi connectivity index (χ4v) is 1.81. The van der Waals surface area contributed by atoms with E-state index in [4.69, 9.17) is 4.74 Å². The molecule has 0 aliphatic carbocycles. The summed E-state index contributed by atoms with van der Waals surface area (Å²) >= 11 is 0. The second-order valence-electron chi connectivity index (χ2n) is 5.90. The van der Waals surface area contributed by atoms with Crippen LogP contribution in [0.15, 0.2) is 29.3 Å². The van der Waals surface area contributed by atoms with Gasteiger partial charge in [-0.1, -0.05) is 26.0 Å². The number of halogens is 1. The first-order valence-electron chi connectivity index (χ1n) is 7.70. The maximum atomic E-state index is 5.68. The summed E-state index contributed by atoms with van der Waals surface area (Å²) in [5.74, 6) is 2.34. The van der Waals surface area contributed by atoms with Gasteiger partial charge in [0.05, 0.1) is 6.61 Å². The third-order valence-electron chi connectivity index (χ3n) is 2.86. The lowest BCUT2D eigenvalue weighted by atomic mass is 10.1. The molecule has 0 saturated heterocycles. The third-order valence-corrected chi connectivity index (χ3v) is 2.86. The number of hydrogen-bond acceptors (Lipinski definition) is 2. The predicted molar refractivity (Wildman–Crippen MR) is 106 cm³/mol. The molecule has 1 aromatic carbocycles. The zero-order chi connectivity index (χ0) is 15.7. The van der Waals surface area contributed by atoms with Gasteiger partial charge in [0, 0.05) is 19.6 Å². The molecule has 0 heterocycles. The lowest BCUT2D eigenvalue weighted by molar-refractivity contribution is 0.271. The van der Waals surface area contributed by atoms with Crippen LogP contribution in [0.3, 0.4) is 0 Å². The molecule has 0 unspecified atom stereocenters. The molecule has 1 aromatic rings. The van der Waals surface area contributed by atoms with E-state index in [-0.39, 0.29) is 24.0 Å². The normalized spacial score (nSPS) is 11.3. The van der Waals surface area contributed by atoms with Crippen molar-refractivity contribution in [1.29, 1.82) is 0 Å². The molecule has 1 rings (SSSR count). The number of hydrogen-bond donors (Lipinski definition) is 2. The first kappa shape index (κ1) is 21.0. The van der Waals surface area contributed by atoms with E-state index in [9.17, 15) is 0 Å². The van der Waals surface area contributed by atoms with Crippen LogP contribution < -0.4 is 15.4 Å². The summed E-state index contributed by atoms with van der Waals surface area (Å²) in [4.78, 5) is 4.19. The Morgan fingerprint density at radius 1 is 1.14 bits per heavy atom. The minimum absolute atomic E-state index is 0. The van der Waals surface area contributed by atoms with Crippen molar-refractivity contribution in [1.82, 2.24) is 10.6 Å². The first-order valence-corrected chi connectivity index (χ1v) is 7.70. The van der Waals surface area contributed by atoms with Crippen molar-refractivity contribution in [2.75, 3.05) is 20.2 Å². The van der Waals surface area contributed by atoms with Crippen LogP contribution >= 0.6 is 24.0 Å². The summed E-state index contributed by atoms with van der Waals surface area (Å²) in [6.07, 6.45) is 0.962. The molecule has 0 amide bonds. The topological polar surface area (TPSA) is 45.7 Å². The molecular formula is C17H30IN3O. The van der Waals surface area contributed by atoms with Gasteiger partial charge in [-0.25, -0.2) is 0 Å². The third kappa shape index (κ3) is 9.12. The van der Waals surface area contributed by atoms with Crippen molar-refractivity contribution < 1.29 is 4.74 Å². The molecule has 0 saturated carbocycles. The number of rotatable bonds is 7. The van der Waals surface area contributed by atoms with Gasteiger partial charge in [0.15, 0.2) is 5.96 Å². The summed E-state index contributed by atoms with van der Waals surface area (Å²) in [6, 6.07) is 8.71. The highest BCUT2D eigenvalue weighted by atomic mass is 127. The monoisotopic (exact) mass is 419 g/mol. The van der Waals surface area contributed by atoms with Crippen LogP contribution in [0.1, 0.15) is 33.3 Å². The number of guanidine groups is 1. The van der Waals surface area contributed by atoms with E-state index in [1.165, 1.54) is 5.56 Å². The number of aliphatic imine (C=N–C) groups is 1. The first-order chi connectivity index (χ1) is 10.0. The minimum Gasteiger partial charge on any atom is -0.493 e. The van der Waals surface area contributed by atoms with Crippen LogP contribution in [0.5, 0.6) is 5.75 Å². The Kier molecular flexibility index (Phi) is 11.1. The highest BCUT2D eigenvalue weighted by molar-refractivity contribution is 14.0. The van der Waals surface area contributed by atoms with Crippen LogP contribution in [0.2, 0.25) is 0 Å². The molecule has 0 fully saturated rings. The van der Waals surface area contributed by atoms with Crippen molar-refractivity contribution in [3.63, 3.8) is 0 Å². The van der Waals surface area contributed by atoms with Gasteiger partial charge in [-0.05, 0) is 43.9 Å². The van der Waals surface area contributed by atoms with Gasteiger partial charge in [-0.3, -0.25) is 4.99 Å². The molecule has 0 aliphatic rings. The van der Waals surface area contributed by atoms with E-state index in [0.717, 1.165) is 31.3 Å². The van der Waals surface area contributed by atoms with Crippen molar-refractivity contribution in [3.8, 4) is 5.75 Å². The minimum atomic E-state index is 0. The van der Waals surface area contributed by atoms with Crippen LogP contribution in [0.25, 0.3) is 0 Å². The van der Waals surface area contributed by atoms with E-state index in [1.54, 1.807) is 7.05 Å². The summed E-state index contributed by atoms with van der Waals surface area (Å²) in [5.41, 5.74) is 1.29. The Morgan fingerprint density at radius 2 is 1.77 bits per heavy atom. The summed E-state index contributed by atoms with van der Waals surface area (Å²) in [7, 11) is 1.79. The average molecular weight is 419 g/mol. The molecular weight excluding hydrogens is 389 g/mol. The average Bonchev–Trinajstić information content (AvgIpc) is 2.44. The largest absolute Gasteiger partial charge is 0.493 e. The number of benzene rings is 1. The SMILES string of the molecule is CN=C(NCCc1ccc(OCC(C)C)cc1)NC(C)C.I. The Labute approximate surface area is 152 Å². The van der Waals surface area contributed by atoms with E-state index in [1.807, 2.05) is 12.1 Å². The molecule has 126 valence electrons. The molecule has 0 aliphatic heterocycles. The molecule has 5 heteroatoms. The highest BCUT2D eigenvalue weighted by Gasteiger charge is 2.01. The fourth-order valence-electron chi connectivity index (χ4n) is 1.81. The Bertz CT molecular complexity index is 430. The zero-order valence-electron chi connectivity index (χ0n) is 14.3. The fraction of sp³-hybridized carbons (Fsp3) is 0.588. The number of ether oxygens (including phenoxy) is 1. The second-order valence-corrected chi connectivity index (χ2v) is 5.90. The molecule has 22 heavy (non-hydrogen) atoms. The summed E-state index contributed by atoms with van der Waals surface area (Å²) < 4.78 is 5.68. The summed E-state index contributed by atoms with van der Waals surface area (Å²) in [5, 5.41) is 6.58. The molecule has 0 radical (unpaired) electrons. The lowest BCUT2D eigenvalue weighted by Crippen LogP contribution is -2.41. The highest BCUT2D eigenvalue weighted by Crippen LogP contribution is 2.13. The standard InChI is InChI=1S/C17H29N3O.HI/c1-13(2)12-21-16-8-6-15(7-9-16)10-11-19-17(18-5)20-14(3)4;/h6-9,13-14H,10-12H2,1-5H3,(H2,18,19,20);1H. The van der Waals surface area contributed by atoms with Crippen LogP contribution in [0.4, 0.5) is 0 Å². The van der Waals surface area contributed by atoms with E-state index >= 15 is 0 Å². The Morgan fingerprint density at radius 3 is 2.27 bits per heavy atom. The van der Waals surface area contributed by atoms with Crippen molar-refractivity contribution >= 4 is 29.9 Å². The van der Waals surface area contributed by atoms with Gasteiger partial charge in [-0.2, -0.15) is 0 Å². The lowest BCUT2D eigenvalue weighted by Gasteiger charge is -2.14. The Balaban J connectivity index is 0.00000441. The maximum absolute atomic E-state index is 5.68. The maximum Gasteiger partial charge on any atom is 0.191 e. The number of nitrogens with zero attached hydrogens (tertiary/aromatic N) is 1. The van der Waals surface area contributed by atoms with Crippen LogP contribution in [-0.4, -0.2) is 32.2 Å². The molecule has 0 spiro atoms. The van der Waals surface area contributed by atoms with Gasteiger partial charge >= 0.3 is 0 Å². The van der Waals surface area contributed by atoms with Crippen molar-refractivity contribution in [3.05, 3.63) is 29.8 Å². The molecule has 2 N–H and O–H groups in total. The van der Waals surface area contributed by atoms with Crippen LogP contribution in [0, 0.1) is 5.92 Å². The van der Waals surface area contributed by atoms with E-state index < -0.39 is 0 Å². The van der Waals surface area contributed by atoms with E-state index in [0.29, 0.717) is 12.0 Å². The molecule has 0 bridgehead atoms. The van der Waals surface area contributed by atoms with Gasteiger partial charge in [-0.15, -0.1) is 24.0 Å². The van der Waals surface area contributed by atoms with Gasteiger partial charge in [0.1, 0.15) is 5.75 Å². The van der Waals surface area contributed by atoms with Gasteiger partial charge in [0.2, 0.25) is 0 Å². The molecule has 0 aromatic heterocycles. The predicted octanol–water partition coefficient (Wildman–Crippen LogP) is 3.46. The van der Waals surface area contributed by atoms with Crippen molar-refractivity contribution in [2.45, 2.75) is 40.2 Å². The van der Waals surface area contributed by atoms with E-state index in [2.05, 4.69) is 55.5 Å². The quantitative estimate of drug-likeness (QED) is 0.404. The zero-order valence-corrected chi connectivity index (χ0v) is 16.7. The second kappa shape index (κ2) is 11.6. The van der Waals surface area contributed by atoms with Crippen LogP contribution in [-0.2, 0) is 6.42 Å². The summed E-state index contributed by atoms with van der Waals surface area (Å²) in [6.45, 7) is 10.1. The molecule has 4 nitrogen and oxygen atoms in total. The van der Waals surface area contributed by atoms with Crippen molar-refractivity contribution in [2.24, 2.45) is 10.9 Å². The van der Waals surface area contributed by atoms with Gasteiger partial charge in [0.25, 0.3) is 0 Å². The smallest absolute Gasteiger partial charge is 0.191 e. The molecule has 0 atom stereocenters. The number of nitrogens with one attached hydrogen (secondary N) is 2. The Hall–Kier alpha value is -0.980. The van der Waals surface area contributed by atoms with Gasteiger partial charge < -0.3 is 15.4 Å².